The van der Waals surface area contributed by atoms with Crippen molar-refractivity contribution in [1.29, 1.82) is 0 Å². The van der Waals surface area contributed by atoms with Crippen LogP contribution in [-0.4, -0.2) is 47.0 Å². The summed E-state index contributed by atoms with van der Waals surface area (Å²) >= 11 is 0. The Balaban J connectivity index is 1.60. The van der Waals surface area contributed by atoms with Gasteiger partial charge in [0.2, 0.25) is 5.95 Å². The zero-order valence-electron chi connectivity index (χ0n) is 17.7. The van der Waals surface area contributed by atoms with E-state index >= 15 is 0 Å². The number of hydrogen-bond donors (Lipinski definition) is 1. The van der Waals surface area contributed by atoms with Crippen LogP contribution in [0.25, 0.3) is 28.1 Å². The van der Waals surface area contributed by atoms with E-state index in [-0.39, 0.29) is 19.1 Å². The number of fused-ring (bicyclic) bond motifs is 3. The molecule has 1 aliphatic rings. The summed E-state index contributed by atoms with van der Waals surface area (Å²) in [6, 6.07) is 7.88. The quantitative estimate of drug-likeness (QED) is 0.439. The summed E-state index contributed by atoms with van der Waals surface area (Å²) in [4.78, 5) is 26.8. The summed E-state index contributed by atoms with van der Waals surface area (Å²) in [6.07, 6.45) is 3.40. The van der Waals surface area contributed by atoms with Gasteiger partial charge in [-0.05, 0) is 30.3 Å². The van der Waals surface area contributed by atoms with E-state index in [2.05, 4.69) is 15.0 Å². The van der Waals surface area contributed by atoms with Crippen LogP contribution >= 0.6 is 0 Å². The molecule has 4 heterocycles. The van der Waals surface area contributed by atoms with Gasteiger partial charge in [-0.15, -0.1) is 0 Å². The Bertz CT molecular complexity index is 1620. The summed E-state index contributed by atoms with van der Waals surface area (Å²) < 4.78 is 38.1. The maximum absolute atomic E-state index is 14.1. The van der Waals surface area contributed by atoms with Gasteiger partial charge in [-0.25, -0.2) is 23.5 Å². The summed E-state index contributed by atoms with van der Waals surface area (Å²) in [7, 11) is 0. The van der Waals surface area contributed by atoms with Gasteiger partial charge in [0.1, 0.15) is 29.2 Å². The van der Waals surface area contributed by atoms with E-state index in [0.717, 1.165) is 0 Å². The summed E-state index contributed by atoms with van der Waals surface area (Å²) in [5, 5.41) is 9.54. The highest BCUT2D eigenvalue weighted by Crippen LogP contribution is 2.36. The molecule has 11 heteroatoms. The fraction of sp³-hybridized carbons (Fsp3) is 0.217. The molecule has 3 aromatic heterocycles. The highest BCUT2D eigenvalue weighted by molar-refractivity contribution is 5.77. The molecule has 0 aliphatic carbocycles. The van der Waals surface area contributed by atoms with Gasteiger partial charge in [-0.3, -0.25) is 13.7 Å². The van der Waals surface area contributed by atoms with Gasteiger partial charge in [0.05, 0.1) is 43.0 Å². The van der Waals surface area contributed by atoms with E-state index in [1.807, 2.05) is 0 Å². The van der Waals surface area contributed by atoms with Crippen molar-refractivity contribution in [2.24, 2.45) is 0 Å². The third-order valence-electron chi connectivity index (χ3n) is 6.03. The Morgan fingerprint density at radius 3 is 2.76 bits per heavy atom. The smallest absolute Gasteiger partial charge is 0.331 e. The first-order valence-electron chi connectivity index (χ1n) is 10.7. The molecule has 1 N–H and O–H groups in total. The number of rotatable bonds is 4. The van der Waals surface area contributed by atoms with Gasteiger partial charge >= 0.3 is 5.69 Å². The summed E-state index contributed by atoms with van der Waals surface area (Å²) in [5.41, 5.74) is 1.90. The molecule has 0 saturated carbocycles. The first-order chi connectivity index (χ1) is 16.5. The Hall–Kier alpha value is -4.12. The maximum atomic E-state index is 14.1. The number of aliphatic hydroxyl groups is 1. The highest BCUT2D eigenvalue weighted by Gasteiger charge is 2.29. The second-order valence-corrected chi connectivity index (χ2v) is 7.99. The van der Waals surface area contributed by atoms with Gasteiger partial charge in [0, 0.05) is 18.1 Å². The normalized spacial score (nSPS) is 15.6. The van der Waals surface area contributed by atoms with E-state index < -0.39 is 23.4 Å². The highest BCUT2D eigenvalue weighted by atomic mass is 19.1. The molecule has 1 aliphatic heterocycles. The van der Waals surface area contributed by atoms with Gasteiger partial charge in [-0.1, -0.05) is 0 Å². The zero-order chi connectivity index (χ0) is 23.4. The van der Waals surface area contributed by atoms with Crippen molar-refractivity contribution in [3.63, 3.8) is 0 Å². The largest absolute Gasteiger partial charge is 0.493 e. The second-order valence-electron chi connectivity index (χ2n) is 7.99. The molecule has 2 aromatic carbocycles. The third-order valence-corrected chi connectivity index (χ3v) is 6.03. The monoisotopic (exact) mass is 464 g/mol. The predicted molar refractivity (Wildman–Crippen MR) is 118 cm³/mol. The number of nitrogens with zero attached hydrogens (tertiary/aromatic N) is 6. The van der Waals surface area contributed by atoms with Crippen LogP contribution in [0.2, 0.25) is 0 Å². The minimum absolute atomic E-state index is 0.0451. The molecule has 6 rings (SSSR count). The molecular formula is C23H18F2N6O3. The van der Waals surface area contributed by atoms with Crippen molar-refractivity contribution in [2.45, 2.75) is 19.0 Å². The number of hydrogen-bond acceptors (Lipinski definition) is 6. The Morgan fingerprint density at radius 2 is 1.91 bits per heavy atom. The van der Waals surface area contributed by atoms with Crippen LogP contribution in [0.15, 0.2) is 53.7 Å². The third kappa shape index (κ3) is 3.08. The number of ether oxygens (including phenoxy) is 1. The van der Waals surface area contributed by atoms with E-state index in [0.29, 0.717) is 46.5 Å². The molecule has 34 heavy (non-hydrogen) atoms. The van der Waals surface area contributed by atoms with Crippen LogP contribution in [0.5, 0.6) is 5.75 Å². The molecule has 1 unspecified atom stereocenters. The fourth-order valence-electron chi connectivity index (χ4n) is 4.52. The predicted octanol–water partition coefficient (Wildman–Crippen LogP) is 2.57. The minimum Gasteiger partial charge on any atom is -0.493 e. The first-order valence-corrected chi connectivity index (χ1v) is 10.7. The molecule has 0 bridgehead atoms. The van der Waals surface area contributed by atoms with Crippen LogP contribution in [0.3, 0.4) is 0 Å². The lowest BCUT2D eigenvalue weighted by molar-refractivity contribution is 0.252. The number of aromatic nitrogens is 6. The van der Waals surface area contributed by atoms with Crippen molar-refractivity contribution in [1.82, 2.24) is 28.7 Å². The van der Waals surface area contributed by atoms with Gasteiger partial charge in [-0.2, -0.15) is 4.98 Å². The standard InChI is InChI=1S/C23H18F2N6O3/c24-13-2-4-20-15(9-13)17(5-8-34-20)31-21-19(29(6-7-32)23(31)33)11-26-22(28-21)30-12-27-16-3-1-14(25)10-18(16)30/h1-4,9-12,17,32H,5-8H2. The zero-order valence-corrected chi connectivity index (χ0v) is 17.7. The summed E-state index contributed by atoms with van der Waals surface area (Å²) in [5.74, 6) is -0.175. The van der Waals surface area contributed by atoms with Crippen LogP contribution < -0.4 is 10.4 Å². The Kier molecular flexibility index (Phi) is 4.66. The summed E-state index contributed by atoms with van der Waals surface area (Å²) in [6.45, 7) is 0.125. The average molecular weight is 464 g/mol. The van der Waals surface area contributed by atoms with Crippen molar-refractivity contribution in [3.8, 4) is 11.7 Å². The van der Waals surface area contributed by atoms with Gasteiger partial charge in [0.25, 0.3) is 0 Å². The van der Waals surface area contributed by atoms with Crippen LogP contribution in [0, 0.1) is 11.6 Å². The van der Waals surface area contributed by atoms with Crippen molar-refractivity contribution in [2.75, 3.05) is 13.2 Å². The van der Waals surface area contributed by atoms with Crippen LogP contribution in [0.4, 0.5) is 8.78 Å². The lowest BCUT2D eigenvalue weighted by Gasteiger charge is -2.26. The molecule has 5 aromatic rings. The second kappa shape index (κ2) is 7.73. The van der Waals surface area contributed by atoms with Crippen molar-refractivity contribution >= 4 is 22.2 Å². The number of halogens is 2. The Morgan fingerprint density at radius 1 is 1.09 bits per heavy atom. The lowest BCUT2D eigenvalue weighted by atomic mass is 10.00. The van der Waals surface area contributed by atoms with Crippen molar-refractivity contribution < 1.29 is 18.6 Å². The Labute approximate surface area is 190 Å². The molecular weight excluding hydrogens is 446 g/mol. The molecule has 172 valence electrons. The molecule has 0 radical (unpaired) electrons. The van der Waals surface area contributed by atoms with E-state index in [4.69, 9.17) is 4.74 Å². The van der Waals surface area contributed by atoms with E-state index in [1.54, 1.807) is 12.1 Å². The van der Waals surface area contributed by atoms with Gasteiger partial charge in [0.15, 0.2) is 5.65 Å². The van der Waals surface area contributed by atoms with Gasteiger partial charge < -0.3 is 9.84 Å². The lowest BCUT2D eigenvalue weighted by Crippen LogP contribution is -2.31. The topological polar surface area (TPSA) is 100.0 Å². The molecule has 0 saturated heterocycles. The number of benzene rings is 2. The number of imidazole rings is 2. The molecule has 0 spiro atoms. The van der Waals surface area contributed by atoms with Crippen LogP contribution in [-0.2, 0) is 6.54 Å². The first kappa shape index (κ1) is 20.5. The minimum atomic E-state index is -0.533. The molecule has 0 amide bonds. The maximum Gasteiger partial charge on any atom is 0.331 e. The molecule has 1 atom stereocenters. The number of aliphatic hydroxyl groups excluding tert-OH is 1. The van der Waals surface area contributed by atoms with Crippen LogP contribution in [0.1, 0.15) is 18.0 Å². The molecule has 9 nitrogen and oxygen atoms in total. The van der Waals surface area contributed by atoms with E-state index in [9.17, 15) is 18.7 Å². The molecule has 0 fully saturated rings. The average Bonchev–Trinajstić information content (AvgIpc) is 3.37. The van der Waals surface area contributed by atoms with Crippen molar-refractivity contribution in [3.05, 3.63) is 76.6 Å². The SMILES string of the molecule is O=c1n(CCO)c2cnc(-n3cnc4ccc(F)cc43)nc2n1C1CCOc2ccc(F)cc21. The fourth-order valence-corrected chi connectivity index (χ4v) is 4.52. The van der Waals surface area contributed by atoms with E-state index in [1.165, 1.54) is 50.5 Å².